The van der Waals surface area contributed by atoms with Gasteiger partial charge in [0.05, 0.1) is 18.1 Å². The zero-order chi connectivity index (χ0) is 18.7. The lowest BCUT2D eigenvalue weighted by molar-refractivity contribution is -0.138. The Morgan fingerprint density at radius 1 is 1.38 bits per heavy atom. The van der Waals surface area contributed by atoms with Crippen LogP contribution in [0.3, 0.4) is 0 Å². The van der Waals surface area contributed by atoms with Crippen molar-refractivity contribution < 1.29 is 19.4 Å². The van der Waals surface area contributed by atoms with E-state index in [1.807, 2.05) is 0 Å². The van der Waals surface area contributed by atoms with Gasteiger partial charge in [0.15, 0.2) is 0 Å². The second kappa shape index (κ2) is 7.74. The number of rotatable bonds is 7. The molecule has 0 saturated heterocycles. The third-order valence-electron chi connectivity index (χ3n) is 4.24. The van der Waals surface area contributed by atoms with E-state index in [0.29, 0.717) is 35.2 Å². The normalized spacial score (nSPS) is 14.5. The highest BCUT2D eigenvalue weighted by Gasteiger charge is 2.23. The smallest absolute Gasteiger partial charge is 0.310 e. The summed E-state index contributed by atoms with van der Waals surface area (Å²) in [5, 5.41) is 12.1. The predicted octanol–water partition coefficient (Wildman–Crippen LogP) is 3.96. The van der Waals surface area contributed by atoms with Gasteiger partial charge < -0.3 is 15.2 Å². The number of nitrogens with one attached hydrogen (secondary N) is 1. The molecule has 1 aliphatic rings. The average molecular weight is 375 g/mol. The molecule has 1 heterocycles. The number of carbonyl (C=O) groups is 2. The van der Waals surface area contributed by atoms with Gasteiger partial charge in [-0.15, -0.1) is 0 Å². The van der Waals surface area contributed by atoms with E-state index in [9.17, 15) is 9.59 Å². The van der Waals surface area contributed by atoms with Crippen LogP contribution in [0.5, 0.6) is 5.88 Å². The Balaban J connectivity index is 1.68. The number of carboxylic acids is 1. The minimum absolute atomic E-state index is 0.284. The Kier molecular flexibility index (Phi) is 5.42. The van der Waals surface area contributed by atoms with Crippen molar-refractivity contribution in [3.63, 3.8) is 0 Å². The molecule has 1 atom stereocenters. The van der Waals surface area contributed by atoms with Crippen LogP contribution in [0.15, 0.2) is 36.5 Å². The molecule has 3 rings (SSSR count). The third-order valence-corrected chi connectivity index (χ3v) is 4.51. The van der Waals surface area contributed by atoms with Crippen molar-refractivity contribution >= 4 is 29.2 Å². The van der Waals surface area contributed by atoms with Crippen molar-refractivity contribution in [3.8, 4) is 5.88 Å². The first-order chi connectivity index (χ1) is 12.4. The molecule has 2 N–H and O–H groups in total. The van der Waals surface area contributed by atoms with Crippen molar-refractivity contribution in [2.75, 3.05) is 11.9 Å². The highest BCUT2D eigenvalue weighted by atomic mass is 35.5. The molecule has 0 spiro atoms. The van der Waals surface area contributed by atoms with Gasteiger partial charge in [0.25, 0.3) is 5.91 Å². The van der Waals surface area contributed by atoms with E-state index in [0.717, 1.165) is 12.8 Å². The maximum Gasteiger partial charge on any atom is 0.310 e. The lowest BCUT2D eigenvalue weighted by Gasteiger charge is -2.11. The number of ether oxygens (including phenoxy) is 1. The molecule has 136 valence electrons. The maximum absolute atomic E-state index is 12.4. The van der Waals surface area contributed by atoms with Gasteiger partial charge >= 0.3 is 5.97 Å². The lowest BCUT2D eigenvalue weighted by Crippen LogP contribution is -2.14. The fraction of sp³-hybridized carbons (Fsp3) is 0.316. The third kappa shape index (κ3) is 4.52. The molecule has 1 saturated carbocycles. The number of pyridine rings is 1. The quantitative estimate of drug-likeness (QED) is 0.765. The monoisotopic (exact) mass is 374 g/mol. The largest absolute Gasteiger partial charge is 0.481 e. The van der Waals surface area contributed by atoms with E-state index in [-0.39, 0.29) is 10.9 Å². The minimum atomic E-state index is -0.925. The molecule has 0 radical (unpaired) electrons. The van der Waals surface area contributed by atoms with Gasteiger partial charge in [-0.05, 0) is 49.4 Å². The van der Waals surface area contributed by atoms with Crippen LogP contribution in [0.4, 0.5) is 5.69 Å². The average Bonchev–Trinajstić information content (AvgIpc) is 3.44. The molecule has 1 fully saturated rings. The first-order valence-electron chi connectivity index (χ1n) is 8.36. The zero-order valence-electron chi connectivity index (χ0n) is 14.2. The second-order valence-corrected chi connectivity index (χ2v) is 6.81. The molecule has 26 heavy (non-hydrogen) atoms. The van der Waals surface area contributed by atoms with Gasteiger partial charge in [0.2, 0.25) is 5.88 Å². The molecule has 1 aromatic heterocycles. The fourth-order valence-electron chi connectivity index (χ4n) is 2.37. The Hall–Kier alpha value is -2.60. The van der Waals surface area contributed by atoms with E-state index in [1.165, 1.54) is 12.3 Å². The number of hydrogen-bond donors (Lipinski definition) is 2. The van der Waals surface area contributed by atoms with Crippen LogP contribution in [-0.2, 0) is 4.79 Å². The lowest BCUT2D eigenvalue weighted by atomic mass is 10.0. The molecule has 0 bridgehead atoms. The second-order valence-electron chi connectivity index (χ2n) is 6.40. The summed E-state index contributed by atoms with van der Waals surface area (Å²) in [7, 11) is 0. The minimum Gasteiger partial charge on any atom is -0.481 e. The maximum atomic E-state index is 12.4. The number of amides is 1. The SMILES string of the molecule is CC(C(=O)O)c1cccc(NC(=O)c2cnc(OCC3CC3)c(Cl)c2)c1. The van der Waals surface area contributed by atoms with Crippen molar-refractivity contribution in [1.82, 2.24) is 4.98 Å². The number of carboxylic acid groups (broad SMARTS) is 1. The topological polar surface area (TPSA) is 88.5 Å². The highest BCUT2D eigenvalue weighted by Crippen LogP contribution is 2.31. The Labute approximate surface area is 156 Å². The summed E-state index contributed by atoms with van der Waals surface area (Å²) in [6, 6.07) is 8.25. The van der Waals surface area contributed by atoms with Crippen LogP contribution in [-0.4, -0.2) is 28.6 Å². The van der Waals surface area contributed by atoms with Crippen molar-refractivity contribution in [1.29, 1.82) is 0 Å². The summed E-state index contributed by atoms with van der Waals surface area (Å²) in [5.74, 6) is -1.06. The standard InChI is InChI=1S/C19H19ClN2O4/c1-11(19(24)25)13-3-2-4-15(7-13)22-17(23)14-8-16(20)18(21-9-14)26-10-12-5-6-12/h2-4,7-9,11-12H,5-6,10H2,1H3,(H,22,23)(H,24,25). The summed E-state index contributed by atoms with van der Waals surface area (Å²) < 4.78 is 5.55. The number of aromatic nitrogens is 1. The van der Waals surface area contributed by atoms with Crippen molar-refractivity contribution in [2.24, 2.45) is 5.92 Å². The van der Waals surface area contributed by atoms with Crippen LogP contribution >= 0.6 is 11.6 Å². The summed E-state index contributed by atoms with van der Waals surface area (Å²) in [4.78, 5) is 27.6. The number of hydrogen-bond acceptors (Lipinski definition) is 4. The number of anilines is 1. The van der Waals surface area contributed by atoms with Crippen LogP contribution < -0.4 is 10.1 Å². The van der Waals surface area contributed by atoms with Gasteiger partial charge in [0.1, 0.15) is 5.02 Å². The number of carbonyl (C=O) groups excluding carboxylic acids is 1. The van der Waals surface area contributed by atoms with E-state index < -0.39 is 11.9 Å². The number of aliphatic carboxylic acids is 1. The fourth-order valence-corrected chi connectivity index (χ4v) is 2.59. The number of halogens is 1. The first-order valence-corrected chi connectivity index (χ1v) is 8.74. The van der Waals surface area contributed by atoms with E-state index in [4.69, 9.17) is 21.4 Å². The number of nitrogens with zero attached hydrogens (tertiary/aromatic N) is 1. The highest BCUT2D eigenvalue weighted by molar-refractivity contribution is 6.32. The number of benzene rings is 1. The molecule has 1 aromatic carbocycles. The van der Waals surface area contributed by atoms with Crippen LogP contribution in [0, 0.1) is 5.92 Å². The van der Waals surface area contributed by atoms with E-state index >= 15 is 0 Å². The van der Waals surface area contributed by atoms with Gasteiger partial charge in [-0.1, -0.05) is 23.7 Å². The van der Waals surface area contributed by atoms with Gasteiger partial charge in [0, 0.05) is 11.9 Å². The Morgan fingerprint density at radius 2 is 2.15 bits per heavy atom. The summed E-state index contributed by atoms with van der Waals surface area (Å²) in [5.41, 5.74) is 1.41. The molecule has 0 aliphatic heterocycles. The van der Waals surface area contributed by atoms with Crippen LogP contribution in [0.25, 0.3) is 0 Å². The van der Waals surface area contributed by atoms with Gasteiger partial charge in [-0.3, -0.25) is 9.59 Å². The molecule has 1 aliphatic carbocycles. The molecular weight excluding hydrogens is 356 g/mol. The van der Waals surface area contributed by atoms with Gasteiger partial charge in [-0.2, -0.15) is 0 Å². The predicted molar refractivity (Wildman–Crippen MR) is 97.9 cm³/mol. The van der Waals surface area contributed by atoms with E-state index in [1.54, 1.807) is 31.2 Å². The molecule has 6 nitrogen and oxygen atoms in total. The van der Waals surface area contributed by atoms with Gasteiger partial charge in [-0.25, -0.2) is 4.98 Å². The summed E-state index contributed by atoms with van der Waals surface area (Å²) >= 11 is 6.15. The van der Waals surface area contributed by atoms with Crippen molar-refractivity contribution in [3.05, 3.63) is 52.7 Å². The van der Waals surface area contributed by atoms with Crippen LogP contribution in [0.2, 0.25) is 5.02 Å². The molecular formula is C19H19ClN2O4. The summed E-state index contributed by atoms with van der Waals surface area (Å²) in [6.07, 6.45) is 3.74. The first kappa shape index (κ1) is 18.2. The Morgan fingerprint density at radius 3 is 2.81 bits per heavy atom. The Bertz CT molecular complexity index is 836. The molecule has 2 aromatic rings. The summed E-state index contributed by atoms with van der Waals surface area (Å²) in [6.45, 7) is 2.18. The van der Waals surface area contributed by atoms with Crippen LogP contribution in [0.1, 0.15) is 41.6 Å². The van der Waals surface area contributed by atoms with Crippen molar-refractivity contribution in [2.45, 2.75) is 25.7 Å². The zero-order valence-corrected chi connectivity index (χ0v) is 15.0. The molecule has 7 heteroatoms. The van der Waals surface area contributed by atoms with E-state index in [2.05, 4.69) is 10.3 Å². The molecule has 1 amide bonds. The molecule has 1 unspecified atom stereocenters.